The van der Waals surface area contributed by atoms with Crippen LogP contribution in [0.3, 0.4) is 0 Å². The van der Waals surface area contributed by atoms with Crippen LogP contribution < -0.4 is 0 Å². The van der Waals surface area contributed by atoms with Crippen molar-refractivity contribution in [2.45, 2.75) is 19.5 Å². The number of aliphatic hydroxyl groups excluding tert-OH is 1. The molecule has 19 heavy (non-hydrogen) atoms. The normalized spacial score (nSPS) is 11.8. The summed E-state index contributed by atoms with van der Waals surface area (Å²) in [6.45, 7) is 1.61. The fraction of sp³-hybridized carbons (Fsp3) is 0.308. The van der Waals surface area contributed by atoms with Gasteiger partial charge in [0.25, 0.3) is 0 Å². The van der Waals surface area contributed by atoms with E-state index in [1.54, 1.807) is 31.2 Å². The van der Waals surface area contributed by atoms with E-state index >= 15 is 0 Å². The molecule has 3 nitrogen and oxygen atoms in total. The number of hydrogen-bond donors (Lipinski definition) is 1. The van der Waals surface area contributed by atoms with E-state index in [9.17, 15) is 13.2 Å². The van der Waals surface area contributed by atoms with Crippen molar-refractivity contribution in [3.8, 4) is 5.69 Å². The highest BCUT2D eigenvalue weighted by molar-refractivity contribution is 5.36. The standard InChI is InChI=1S/C13H13F3N2O/c1-9-8-12(13(14,15)16)17-18(9)11-4-2-10(3-5-11)6-7-19/h2-5,8,19H,6-7H2,1H3. The molecule has 1 aromatic heterocycles. The third-order valence-corrected chi connectivity index (χ3v) is 2.76. The number of benzene rings is 1. The van der Waals surface area contributed by atoms with Crippen LogP contribution in [0.2, 0.25) is 0 Å². The van der Waals surface area contributed by atoms with E-state index in [0.717, 1.165) is 11.6 Å². The minimum absolute atomic E-state index is 0.0400. The monoisotopic (exact) mass is 270 g/mol. The second-order valence-electron chi connectivity index (χ2n) is 4.22. The topological polar surface area (TPSA) is 38.0 Å². The van der Waals surface area contributed by atoms with Gasteiger partial charge in [-0.15, -0.1) is 0 Å². The van der Waals surface area contributed by atoms with Crippen molar-refractivity contribution in [1.82, 2.24) is 9.78 Å². The average molecular weight is 270 g/mol. The Kier molecular flexibility index (Phi) is 3.61. The zero-order valence-corrected chi connectivity index (χ0v) is 10.3. The fourth-order valence-electron chi connectivity index (χ4n) is 1.81. The lowest BCUT2D eigenvalue weighted by atomic mass is 10.1. The Morgan fingerprint density at radius 1 is 1.21 bits per heavy atom. The molecular formula is C13H13F3N2O. The third kappa shape index (κ3) is 2.96. The summed E-state index contributed by atoms with van der Waals surface area (Å²) in [7, 11) is 0. The summed E-state index contributed by atoms with van der Waals surface area (Å²) in [5.74, 6) is 0. The number of hydrogen-bond acceptors (Lipinski definition) is 2. The summed E-state index contributed by atoms with van der Waals surface area (Å²) in [5, 5.41) is 12.4. The van der Waals surface area contributed by atoms with E-state index in [-0.39, 0.29) is 6.61 Å². The minimum Gasteiger partial charge on any atom is -0.396 e. The molecule has 6 heteroatoms. The summed E-state index contributed by atoms with van der Waals surface area (Å²) >= 11 is 0. The Hall–Kier alpha value is -1.82. The Labute approximate surface area is 108 Å². The van der Waals surface area contributed by atoms with Crippen LogP contribution in [0, 0.1) is 6.92 Å². The quantitative estimate of drug-likeness (QED) is 0.931. The number of aromatic nitrogens is 2. The Bertz CT molecular complexity index is 558. The van der Waals surface area contributed by atoms with Crippen molar-refractivity contribution in [1.29, 1.82) is 0 Å². The second-order valence-corrected chi connectivity index (χ2v) is 4.22. The molecule has 0 saturated carbocycles. The molecule has 1 aromatic carbocycles. The van der Waals surface area contributed by atoms with Crippen LogP contribution >= 0.6 is 0 Å². The molecule has 0 radical (unpaired) electrons. The predicted molar refractivity (Wildman–Crippen MR) is 64.1 cm³/mol. The van der Waals surface area contributed by atoms with Gasteiger partial charge in [0, 0.05) is 12.3 Å². The Morgan fingerprint density at radius 3 is 2.32 bits per heavy atom. The summed E-state index contributed by atoms with van der Waals surface area (Å²) in [4.78, 5) is 0. The van der Waals surface area contributed by atoms with Gasteiger partial charge in [0.1, 0.15) is 0 Å². The minimum atomic E-state index is -4.44. The van der Waals surface area contributed by atoms with Gasteiger partial charge in [-0.05, 0) is 37.1 Å². The molecule has 0 aliphatic heterocycles. The van der Waals surface area contributed by atoms with Gasteiger partial charge in [0.2, 0.25) is 0 Å². The van der Waals surface area contributed by atoms with Gasteiger partial charge in [-0.25, -0.2) is 4.68 Å². The van der Waals surface area contributed by atoms with Crippen LogP contribution in [0.4, 0.5) is 13.2 Å². The van der Waals surface area contributed by atoms with E-state index < -0.39 is 11.9 Å². The van der Waals surface area contributed by atoms with Crippen LogP contribution in [0.15, 0.2) is 30.3 Å². The smallest absolute Gasteiger partial charge is 0.396 e. The number of nitrogens with zero attached hydrogens (tertiary/aromatic N) is 2. The molecule has 0 fully saturated rings. The maximum absolute atomic E-state index is 12.6. The van der Waals surface area contributed by atoms with Gasteiger partial charge >= 0.3 is 6.18 Å². The molecule has 1 heterocycles. The molecule has 2 rings (SSSR count). The average Bonchev–Trinajstić information content (AvgIpc) is 2.73. The van der Waals surface area contributed by atoms with Crippen LogP contribution in [0.1, 0.15) is 17.0 Å². The second kappa shape index (κ2) is 5.05. The predicted octanol–water partition coefficient (Wildman–Crippen LogP) is 2.73. The van der Waals surface area contributed by atoms with Gasteiger partial charge < -0.3 is 5.11 Å². The van der Waals surface area contributed by atoms with E-state index in [4.69, 9.17) is 5.11 Å². The summed E-state index contributed by atoms with van der Waals surface area (Å²) < 4.78 is 38.9. The van der Waals surface area contributed by atoms with Crippen LogP contribution in [0.25, 0.3) is 5.69 Å². The van der Waals surface area contributed by atoms with Gasteiger partial charge in [-0.2, -0.15) is 18.3 Å². The zero-order valence-electron chi connectivity index (χ0n) is 10.3. The van der Waals surface area contributed by atoms with Crippen molar-refractivity contribution >= 4 is 0 Å². The third-order valence-electron chi connectivity index (χ3n) is 2.76. The largest absolute Gasteiger partial charge is 0.435 e. The lowest BCUT2D eigenvalue weighted by Crippen LogP contribution is -2.07. The molecule has 0 bridgehead atoms. The molecule has 0 aliphatic carbocycles. The van der Waals surface area contributed by atoms with E-state index in [1.165, 1.54) is 4.68 Å². The highest BCUT2D eigenvalue weighted by atomic mass is 19.4. The first-order valence-electron chi connectivity index (χ1n) is 5.76. The maximum Gasteiger partial charge on any atom is 0.435 e. The van der Waals surface area contributed by atoms with Crippen molar-refractivity contribution in [3.63, 3.8) is 0 Å². The first-order valence-corrected chi connectivity index (χ1v) is 5.76. The van der Waals surface area contributed by atoms with Gasteiger partial charge in [0.15, 0.2) is 5.69 Å². The van der Waals surface area contributed by atoms with Gasteiger partial charge in [0.05, 0.1) is 5.69 Å². The maximum atomic E-state index is 12.6. The van der Waals surface area contributed by atoms with E-state index in [0.29, 0.717) is 17.8 Å². The molecule has 0 amide bonds. The van der Waals surface area contributed by atoms with Gasteiger partial charge in [-0.3, -0.25) is 0 Å². The molecule has 0 aliphatic rings. The molecule has 0 spiro atoms. The first-order chi connectivity index (χ1) is 8.91. The van der Waals surface area contributed by atoms with Gasteiger partial charge in [-0.1, -0.05) is 12.1 Å². The van der Waals surface area contributed by atoms with Crippen molar-refractivity contribution in [2.24, 2.45) is 0 Å². The number of aliphatic hydroxyl groups is 1. The van der Waals surface area contributed by atoms with Crippen LogP contribution in [0.5, 0.6) is 0 Å². The number of alkyl halides is 3. The fourth-order valence-corrected chi connectivity index (χ4v) is 1.81. The number of aryl methyl sites for hydroxylation is 1. The Balaban J connectivity index is 2.34. The lowest BCUT2D eigenvalue weighted by molar-refractivity contribution is -0.141. The zero-order chi connectivity index (χ0) is 14.0. The Morgan fingerprint density at radius 2 is 1.84 bits per heavy atom. The molecule has 0 unspecified atom stereocenters. The van der Waals surface area contributed by atoms with E-state index in [1.807, 2.05) is 0 Å². The summed E-state index contributed by atoms with van der Waals surface area (Å²) in [6.07, 6.45) is -3.92. The number of halogens is 3. The van der Waals surface area contributed by atoms with Crippen LogP contribution in [-0.2, 0) is 12.6 Å². The summed E-state index contributed by atoms with van der Waals surface area (Å²) in [5.41, 5.74) is 1.01. The molecule has 102 valence electrons. The molecule has 0 atom stereocenters. The van der Waals surface area contributed by atoms with Crippen molar-refractivity contribution in [3.05, 3.63) is 47.3 Å². The van der Waals surface area contributed by atoms with Crippen LogP contribution in [-0.4, -0.2) is 21.5 Å². The highest BCUT2D eigenvalue weighted by Gasteiger charge is 2.34. The molecule has 0 saturated heterocycles. The molecule has 1 N–H and O–H groups in total. The number of rotatable bonds is 3. The first kappa shape index (κ1) is 13.6. The summed E-state index contributed by atoms with van der Waals surface area (Å²) in [6, 6.07) is 7.91. The molecule has 2 aromatic rings. The van der Waals surface area contributed by atoms with E-state index in [2.05, 4.69) is 5.10 Å². The van der Waals surface area contributed by atoms with Crippen molar-refractivity contribution in [2.75, 3.05) is 6.61 Å². The SMILES string of the molecule is Cc1cc(C(F)(F)F)nn1-c1ccc(CCO)cc1. The lowest BCUT2D eigenvalue weighted by Gasteiger charge is -2.06. The van der Waals surface area contributed by atoms with Crippen molar-refractivity contribution < 1.29 is 18.3 Å². The highest BCUT2D eigenvalue weighted by Crippen LogP contribution is 2.29. The molecular weight excluding hydrogens is 257 g/mol.